The fourth-order valence-electron chi connectivity index (χ4n) is 2.06. The van der Waals surface area contributed by atoms with Crippen molar-refractivity contribution in [1.82, 2.24) is 5.32 Å². The Morgan fingerprint density at radius 1 is 1.25 bits per heavy atom. The fraction of sp³-hybridized carbons (Fsp3) is 0.200. The molecule has 0 bridgehead atoms. The van der Waals surface area contributed by atoms with Gasteiger partial charge in [0, 0.05) is 13.1 Å². The Morgan fingerprint density at radius 2 is 2.00 bits per heavy atom. The van der Waals surface area contributed by atoms with Crippen LogP contribution in [0.2, 0.25) is 5.02 Å². The lowest BCUT2D eigenvalue weighted by molar-refractivity contribution is 0.602. The molecule has 20 heavy (non-hydrogen) atoms. The molecule has 0 aliphatic heterocycles. The molecule has 106 valence electrons. The molecule has 1 nitrogen and oxygen atoms in total. The van der Waals surface area contributed by atoms with E-state index in [0.29, 0.717) is 5.02 Å². The summed E-state index contributed by atoms with van der Waals surface area (Å²) in [6.45, 7) is 2.78. The molecule has 0 amide bonds. The van der Waals surface area contributed by atoms with E-state index in [4.69, 9.17) is 11.6 Å². The van der Waals surface area contributed by atoms with Gasteiger partial charge in [0.1, 0.15) is 5.82 Å². The van der Waals surface area contributed by atoms with Gasteiger partial charge in [-0.15, -0.1) is 0 Å². The lowest BCUT2D eigenvalue weighted by atomic mass is 9.98. The van der Waals surface area contributed by atoms with Crippen LogP contribution in [-0.2, 0) is 0 Å². The van der Waals surface area contributed by atoms with Gasteiger partial charge in [0.25, 0.3) is 0 Å². The molecule has 1 atom stereocenters. The van der Waals surface area contributed by atoms with Crippen LogP contribution in [0, 0.1) is 9.39 Å². The largest absolute Gasteiger partial charge is 0.306 e. The third-order valence-corrected chi connectivity index (χ3v) is 4.77. The molecule has 0 fully saturated rings. The average molecular weight is 469 g/mol. The topological polar surface area (TPSA) is 12.0 Å². The summed E-state index contributed by atoms with van der Waals surface area (Å²) in [5, 5.41) is 3.94. The van der Waals surface area contributed by atoms with Crippen molar-refractivity contribution in [3.05, 3.63) is 66.4 Å². The summed E-state index contributed by atoms with van der Waals surface area (Å²) in [5.41, 5.74) is 1.83. The van der Waals surface area contributed by atoms with Crippen molar-refractivity contribution in [2.75, 3.05) is 6.54 Å². The Kier molecular flexibility index (Phi) is 5.84. The Hall–Kier alpha value is -0.170. The van der Waals surface area contributed by atoms with Crippen LogP contribution < -0.4 is 5.32 Å². The van der Waals surface area contributed by atoms with Crippen LogP contribution >= 0.6 is 50.1 Å². The van der Waals surface area contributed by atoms with Crippen LogP contribution in [0.3, 0.4) is 0 Å². The summed E-state index contributed by atoms with van der Waals surface area (Å²) >= 11 is 12.0. The molecule has 0 spiro atoms. The van der Waals surface area contributed by atoms with Gasteiger partial charge in [0.2, 0.25) is 0 Å². The van der Waals surface area contributed by atoms with Gasteiger partial charge in [0.05, 0.1) is 6.04 Å². The molecule has 0 aromatic heterocycles. The third kappa shape index (κ3) is 3.72. The molecule has 0 aliphatic carbocycles. The van der Waals surface area contributed by atoms with E-state index in [-0.39, 0.29) is 11.9 Å². The highest BCUT2D eigenvalue weighted by Gasteiger charge is 2.19. The quantitative estimate of drug-likeness (QED) is 0.581. The van der Waals surface area contributed by atoms with Gasteiger partial charge < -0.3 is 5.32 Å². The maximum absolute atomic E-state index is 13.5. The van der Waals surface area contributed by atoms with Crippen LogP contribution in [0.4, 0.5) is 4.39 Å². The van der Waals surface area contributed by atoms with Crippen molar-refractivity contribution >= 4 is 50.1 Å². The van der Waals surface area contributed by atoms with Crippen molar-refractivity contribution in [3.8, 4) is 0 Å². The summed E-state index contributed by atoms with van der Waals surface area (Å²) in [5.74, 6) is -0.280. The maximum Gasteiger partial charge on any atom is 0.123 e. The zero-order chi connectivity index (χ0) is 14.7. The second kappa shape index (κ2) is 7.20. The molecule has 0 heterocycles. The average Bonchev–Trinajstić information content (AvgIpc) is 2.42. The smallest absolute Gasteiger partial charge is 0.123 e. The molecule has 2 rings (SSSR count). The normalized spacial score (nSPS) is 12.4. The first-order chi connectivity index (χ1) is 9.52. The highest BCUT2D eigenvalue weighted by molar-refractivity contribution is 14.1. The highest BCUT2D eigenvalue weighted by Crippen LogP contribution is 2.33. The van der Waals surface area contributed by atoms with E-state index in [1.807, 2.05) is 25.1 Å². The molecule has 0 aliphatic rings. The molecular formula is C15H13BrClFIN. The molecule has 5 heteroatoms. The highest BCUT2D eigenvalue weighted by atomic mass is 127. The summed E-state index contributed by atoms with van der Waals surface area (Å²) < 4.78 is 15.6. The minimum atomic E-state index is -0.280. The zero-order valence-corrected chi connectivity index (χ0v) is 15.3. The van der Waals surface area contributed by atoms with E-state index in [2.05, 4.69) is 43.8 Å². The molecule has 1 N–H and O–H groups in total. The number of halogens is 4. The van der Waals surface area contributed by atoms with Gasteiger partial charge in [0.15, 0.2) is 0 Å². The second-order valence-electron chi connectivity index (χ2n) is 4.32. The Bertz CT molecular complexity index is 569. The standard InChI is InChI=1S/C15H13BrClFIN/c1-2-20-15(11-8-10(18)4-5-13(11)17)12-7-9(16)3-6-14(12)19/h3-8,15,20H,2H2,1H3. The predicted molar refractivity (Wildman–Crippen MR) is 93.8 cm³/mol. The van der Waals surface area contributed by atoms with Gasteiger partial charge in [-0.3, -0.25) is 0 Å². The minimum Gasteiger partial charge on any atom is -0.306 e. The third-order valence-electron chi connectivity index (χ3n) is 2.95. The van der Waals surface area contributed by atoms with Crippen LogP contribution in [-0.4, -0.2) is 6.54 Å². The second-order valence-corrected chi connectivity index (χ2v) is 6.81. The van der Waals surface area contributed by atoms with Crippen molar-refractivity contribution in [1.29, 1.82) is 0 Å². The molecule has 0 saturated carbocycles. The van der Waals surface area contributed by atoms with Crippen LogP contribution in [0.5, 0.6) is 0 Å². The molecule has 0 radical (unpaired) electrons. The molecule has 2 aromatic rings. The minimum absolute atomic E-state index is 0.132. The van der Waals surface area contributed by atoms with Gasteiger partial charge in [-0.25, -0.2) is 4.39 Å². The number of benzene rings is 2. The van der Waals surface area contributed by atoms with Gasteiger partial charge >= 0.3 is 0 Å². The lowest BCUT2D eigenvalue weighted by Gasteiger charge is -2.22. The predicted octanol–water partition coefficient (Wildman–Crippen LogP) is 5.55. The first kappa shape index (κ1) is 16.2. The van der Waals surface area contributed by atoms with Gasteiger partial charge in [-0.2, -0.15) is 0 Å². The summed E-state index contributed by atoms with van der Waals surface area (Å²) in [6, 6.07) is 10.4. The Labute approximate surface area is 145 Å². The molecular weight excluding hydrogens is 455 g/mol. The molecule has 1 unspecified atom stereocenters. The lowest BCUT2D eigenvalue weighted by Crippen LogP contribution is -2.23. The zero-order valence-electron chi connectivity index (χ0n) is 10.8. The van der Waals surface area contributed by atoms with E-state index >= 15 is 0 Å². The Balaban J connectivity index is 2.55. The van der Waals surface area contributed by atoms with Crippen LogP contribution in [0.25, 0.3) is 0 Å². The van der Waals surface area contributed by atoms with E-state index in [1.165, 1.54) is 12.1 Å². The summed E-state index contributed by atoms with van der Waals surface area (Å²) in [7, 11) is 0. The fourth-order valence-corrected chi connectivity index (χ4v) is 3.32. The van der Waals surface area contributed by atoms with E-state index in [1.54, 1.807) is 6.07 Å². The van der Waals surface area contributed by atoms with Crippen molar-refractivity contribution in [3.63, 3.8) is 0 Å². The van der Waals surface area contributed by atoms with Gasteiger partial charge in [-0.05, 0) is 76.7 Å². The van der Waals surface area contributed by atoms with E-state index < -0.39 is 0 Å². The SMILES string of the molecule is CCNC(c1cc(F)ccc1Cl)c1cc(Br)ccc1I. The molecule has 2 aromatic carbocycles. The Morgan fingerprint density at radius 3 is 2.70 bits per heavy atom. The maximum atomic E-state index is 13.5. The van der Waals surface area contributed by atoms with Crippen LogP contribution in [0.15, 0.2) is 40.9 Å². The number of hydrogen-bond donors (Lipinski definition) is 1. The number of hydrogen-bond acceptors (Lipinski definition) is 1. The van der Waals surface area contributed by atoms with E-state index in [0.717, 1.165) is 25.7 Å². The first-order valence-electron chi connectivity index (χ1n) is 6.16. The molecule has 0 saturated heterocycles. The summed E-state index contributed by atoms with van der Waals surface area (Å²) in [6.07, 6.45) is 0. The first-order valence-corrected chi connectivity index (χ1v) is 8.41. The van der Waals surface area contributed by atoms with Crippen LogP contribution in [0.1, 0.15) is 24.1 Å². The van der Waals surface area contributed by atoms with E-state index in [9.17, 15) is 4.39 Å². The number of nitrogens with one attached hydrogen (secondary N) is 1. The van der Waals surface area contributed by atoms with Crippen molar-refractivity contribution in [2.45, 2.75) is 13.0 Å². The summed E-state index contributed by atoms with van der Waals surface area (Å²) in [4.78, 5) is 0. The van der Waals surface area contributed by atoms with Crippen molar-refractivity contribution < 1.29 is 4.39 Å². The van der Waals surface area contributed by atoms with Crippen molar-refractivity contribution in [2.24, 2.45) is 0 Å². The van der Waals surface area contributed by atoms with Gasteiger partial charge in [-0.1, -0.05) is 34.5 Å². The monoisotopic (exact) mass is 467 g/mol. The number of rotatable bonds is 4.